The van der Waals surface area contributed by atoms with Gasteiger partial charge in [0, 0.05) is 26.4 Å². The number of benzene rings is 2. The number of alkyl halides is 3. The first-order valence-corrected chi connectivity index (χ1v) is 15.5. The lowest BCUT2D eigenvalue weighted by Gasteiger charge is -2.26. The molecule has 0 amide bonds. The Morgan fingerprint density at radius 1 is 1.10 bits per heavy atom. The minimum atomic E-state index is -4.87. The third kappa shape index (κ3) is 5.39. The number of thiophene rings is 1. The Hall–Kier alpha value is -2.50. The second-order valence-corrected chi connectivity index (χ2v) is 14.1. The van der Waals surface area contributed by atoms with E-state index in [1.54, 1.807) is 36.4 Å². The predicted molar refractivity (Wildman–Crippen MR) is 153 cm³/mol. The maximum atomic E-state index is 13.5. The quantitative estimate of drug-likeness (QED) is 0.218. The molecule has 2 heterocycles. The standard InChI is InChI=1S/C29H28ClF3N2O3S2/c1-16(2)21-15-25(21)40(37,38)35-26(19-8-4-5-10-22(19)30)24-13-17-7-6-9-20(27(17)39-24)23-14-18(11-12-34-23)28(3,36)29(31,32)33/h4-14,16,21,25-26,35-36H,15H2,1-3H3/t21-,25+,26+,28-/m0/s1. The molecule has 40 heavy (non-hydrogen) atoms. The molecule has 2 aromatic carbocycles. The molecule has 1 saturated carbocycles. The highest BCUT2D eigenvalue weighted by Gasteiger charge is 2.51. The van der Waals surface area contributed by atoms with E-state index >= 15 is 0 Å². The van der Waals surface area contributed by atoms with Crippen molar-refractivity contribution >= 4 is 43.0 Å². The summed E-state index contributed by atoms with van der Waals surface area (Å²) in [5, 5.41) is 10.9. The number of aliphatic hydroxyl groups is 1. The lowest BCUT2D eigenvalue weighted by molar-refractivity contribution is -0.258. The molecule has 0 saturated heterocycles. The molecule has 0 aliphatic heterocycles. The fourth-order valence-electron chi connectivity index (χ4n) is 4.95. The van der Waals surface area contributed by atoms with Gasteiger partial charge in [0.1, 0.15) is 0 Å². The maximum Gasteiger partial charge on any atom is 0.421 e. The summed E-state index contributed by atoms with van der Waals surface area (Å²) in [5.74, 6) is 0.333. The molecule has 1 aliphatic rings. The number of rotatable bonds is 8. The Morgan fingerprint density at radius 2 is 1.82 bits per heavy atom. The van der Waals surface area contributed by atoms with Gasteiger partial charge < -0.3 is 5.11 Å². The topological polar surface area (TPSA) is 79.3 Å². The average Bonchev–Trinajstić information content (AvgIpc) is 3.61. The normalized spacial score (nSPS) is 20.0. The van der Waals surface area contributed by atoms with Crippen LogP contribution in [0.2, 0.25) is 5.02 Å². The van der Waals surface area contributed by atoms with Gasteiger partial charge in [-0.2, -0.15) is 13.2 Å². The van der Waals surface area contributed by atoms with Gasteiger partial charge in [0.15, 0.2) is 5.60 Å². The van der Waals surface area contributed by atoms with Gasteiger partial charge in [-0.3, -0.25) is 4.98 Å². The molecule has 11 heteroatoms. The molecule has 0 bridgehead atoms. The van der Waals surface area contributed by atoms with Gasteiger partial charge >= 0.3 is 6.18 Å². The molecule has 4 aromatic rings. The molecule has 0 spiro atoms. The van der Waals surface area contributed by atoms with Gasteiger partial charge in [0.2, 0.25) is 10.0 Å². The molecule has 212 valence electrons. The van der Waals surface area contributed by atoms with Crippen LogP contribution in [0.4, 0.5) is 13.2 Å². The summed E-state index contributed by atoms with van der Waals surface area (Å²) in [5.41, 5.74) is -1.96. The maximum absolute atomic E-state index is 13.5. The van der Waals surface area contributed by atoms with Gasteiger partial charge in [-0.15, -0.1) is 11.3 Å². The number of pyridine rings is 1. The molecule has 2 N–H and O–H groups in total. The highest BCUT2D eigenvalue weighted by atomic mass is 35.5. The fourth-order valence-corrected chi connectivity index (χ4v) is 8.53. The van der Waals surface area contributed by atoms with E-state index in [2.05, 4.69) is 9.71 Å². The predicted octanol–water partition coefficient (Wildman–Crippen LogP) is 7.44. The van der Waals surface area contributed by atoms with Crippen LogP contribution < -0.4 is 4.72 Å². The zero-order chi connectivity index (χ0) is 29.0. The van der Waals surface area contributed by atoms with E-state index in [1.807, 2.05) is 26.0 Å². The number of hydrogen-bond donors (Lipinski definition) is 2. The van der Waals surface area contributed by atoms with Crippen molar-refractivity contribution in [3.63, 3.8) is 0 Å². The number of sulfonamides is 1. The lowest BCUT2D eigenvalue weighted by Crippen LogP contribution is -2.39. The summed E-state index contributed by atoms with van der Waals surface area (Å²) < 4.78 is 71.0. The van der Waals surface area contributed by atoms with E-state index in [4.69, 9.17) is 11.6 Å². The van der Waals surface area contributed by atoms with Crippen LogP contribution in [0, 0.1) is 11.8 Å². The van der Waals surface area contributed by atoms with Crippen molar-refractivity contribution < 1.29 is 26.7 Å². The second-order valence-electron chi connectivity index (χ2n) is 10.7. The number of aromatic nitrogens is 1. The average molecular weight is 609 g/mol. The largest absolute Gasteiger partial charge is 0.421 e. The SMILES string of the molecule is CC(C)[C@@H]1C[C@H]1S(=O)(=O)N[C@@H](c1cc2cccc(-c3cc([C@](C)(O)C(F)(F)F)ccn3)c2s1)c1ccccc1Cl. The number of halogens is 4. The monoisotopic (exact) mass is 608 g/mol. The first-order chi connectivity index (χ1) is 18.7. The lowest BCUT2D eigenvalue weighted by atomic mass is 9.94. The zero-order valence-corrected chi connectivity index (χ0v) is 24.3. The van der Waals surface area contributed by atoms with Crippen molar-refractivity contribution in [3.05, 3.63) is 87.9 Å². The second kappa shape index (κ2) is 10.4. The first-order valence-electron chi connectivity index (χ1n) is 12.7. The van der Waals surface area contributed by atoms with Crippen LogP contribution in [0.25, 0.3) is 21.3 Å². The minimum absolute atomic E-state index is 0.0886. The van der Waals surface area contributed by atoms with E-state index in [0.717, 1.165) is 16.2 Å². The Kier molecular flexibility index (Phi) is 7.54. The fraction of sp³-hybridized carbons (Fsp3) is 0.345. The Labute approximate surface area is 240 Å². The van der Waals surface area contributed by atoms with Crippen LogP contribution in [0.5, 0.6) is 0 Å². The minimum Gasteiger partial charge on any atom is -0.376 e. The number of fused-ring (bicyclic) bond motifs is 1. The van der Waals surface area contributed by atoms with Gasteiger partial charge in [0.25, 0.3) is 0 Å². The Bertz CT molecular complexity index is 1670. The van der Waals surface area contributed by atoms with Gasteiger partial charge in [0.05, 0.1) is 17.0 Å². The number of hydrogen-bond acceptors (Lipinski definition) is 5. The van der Waals surface area contributed by atoms with E-state index in [1.165, 1.54) is 23.6 Å². The third-order valence-corrected chi connectivity index (χ3v) is 11.0. The summed E-state index contributed by atoms with van der Waals surface area (Å²) in [6, 6.07) is 15.9. The van der Waals surface area contributed by atoms with Crippen LogP contribution in [-0.2, 0) is 15.6 Å². The van der Waals surface area contributed by atoms with Gasteiger partial charge in [-0.25, -0.2) is 13.1 Å². The molecule has 1 aliphatic carbocycles. The molecule has 4 atom stereocenters. The molecule has 1 fully saturated rings. The van der Waals surface area contributed by atoms with Gasteiger partial charge in [-0.1, -0.05) is 61.8 Å². The summed E-state index contributed by atoms with van der Waals surface area (Å²) in [6.07, 6.45) is -3.04. The molecule has 0 radical (unpaired) electrons. The Morgan fingerprint density at radius 3 is 2.48 bits per heavy atom. The molecule has 2 aromatic heterocycles. The van der Waals surface area contributed by atoms with Crippen molar-refractivity contribution in [1.82, 2.24) is 9.71 Å². The molecule has 5 rings (SSSR count). The van der Waals surface area contributed by atoms with E-state index in [-0.39, 0.29) is 23.1 Å². The third-order valence-electron chi connectivity index (χ3n) is 7.53. The molecule has 5 nitrogen and oxygen atoms in total. The smallest absolute Gasteiger partial charge is 0.376 e. The summed E-state index contributed by atoms with van der Waals surface area (Å²) in [4.78, 5) is 4.97. The van der Waals surface area contributed by atoms with Crippen molar-refractivity contribution in [2.45, 2.75) is 50.3 Å². The summed E-state index contributed by atoms with van der Waals surface area (Å²) >= 11 is 7.86. The van der Waals surface area contributed by atoms with Crippen LogP contribution >= 0.6 is 22.9 Å². The van der Waals surface area contributed by atoms with E-state index < -0.39 is 33.1 Å². The van der Waals surface area contributed by atoms with Crippen molar-refractivity contribution in [2.75, 3.05) is 0 Å². The molecule has 0 unspecified atom stereocenters. The zero-order valence-electron chi connectivity index (χ0n) is 21.9. The van der Waals surface area contributed by atoms with Crippen LogP contribution in [0.1, 0.15) is 49.2 Å². The van der Waals surface area contributed by atoms with Crippen LogP contribution in [-0.4, -0.2) is 29.9 Å². The van der Waals surface area contributed by atoms with E-state index in [0.29, 0.717) is 34.4 Å². The van der Waals surface area contributed by atoms with E-state index in [9.17, 15) is 26.7 Å². The summed E-state index contributed by atoms with van der Waals surface area (Å²) in [6.45, 7) is 4.73. The van der Waals surface area contributed by atoms with Crippen molar-refractivity contribution in [3.8, 4) is 11.3 Å². The van der Waals surface area contributed by atoms with Crippen molar-refractivity contribution in [1.29, 1.82) is 0 Å². The molecular weight excluding hydrogens is 581 g/mol. The van der Waals surface area contributed by atoms with Crippen LogP contribution in [0.15, 0.2) is 66.9 Å². The highest BCUT2D eigenvalue weighted by Crippen LogP contribution is 2.45. The Balaban J connectivity index is 1.59. The van der Waals surface area contributed by atoms with Crippen LogP contribution in [0.3, 0.4) is 0 Å². The van der Waals surface area contributed by atoms with Gasteiger partial charge in [-0.05, 0) is 66.0 Å². The molecular formula is C29H28ClF3N2O3S2. The highest BCUT2D eigenvalue weighted by molar-refractivity contribution is 7.90. The first kappa shape index (κ1) is 29.0. The number of nitrogens with zero attached hydrogens (tertiary/aromatic N) is 1. The number of nitrogens with one attached hydrogen (secondary N) is 1. The van der Waals surface area contributed by atoms with Crippen molar-refractivity contribution in [2.24, 2.45) is 11.8 Å². The summed E-state index contributed by atoms with van der Waals surface area (Å²) in [7, 11) is -3.68.